The van der Waals surface area contributed by atoms with Crippen molar-refractivity contribution in [2.24, 2.45) is 5.16 Å². The Kier molecular flexibility index (Phi) is 6.07. The molecule has 5 heteroatoms. The Morgan fingerprint density at radius 2 is 1.25 bits per heavy atom. The minimum atomic E-state index is -0.955. The highest BCUT2D eigenvalue weighted by molar-refractivity contribution is 5.85. The molecule has 5 nitrogen and oxygen atoms in total. The van der Waals surface area contributed by atoms with Crippen LogP contribution in [0.2, 0.25) is 0 Å². The van der Waals surface area contributed by atoms with Crippen LogP contribution in [0.25, 0.3) is 0 Å². The molecule has 0 aliphatic heterocycles. The van der Waals surface area contributed by atoms with E-state index in [1.165, 1.54) is 11.2 Å². The largest absolute Gasteiger partial charge is 0.373 e. The van der Waals surface area contributed by atoms with Crippen LogP contribution in [-0.4, -0.2) is 31.4 Å². The van der Waals surface area contributed by atoms with Crippen LogP contribution in [0.15, 0.2) is 96.2 Å². The lowest BCUT2D eigenvalue weighted by molar-refractivity contribution is 0.0167. The highest BCUT2D eigenvalue weighted by atomic mass is 16.7. The first kappa shape index (κ1) is 19.2. The monoisotopic (exact) mass is 373 g/mol. The van der Waals surface area contributed by atoms with E-state index in [1.807, 2.05) is 91.0 Å². The van der Waals surface area contributed by atoms with Crippen molar-refractivity contribution in [3.8, 4) is 0 Å². The predicted octanol–water partition coefficient (Wildman–Crippen LogP) is 4.21. The minimum absolute atomic E-state index is 0.280. The van der Waals surface area contributed by atoms with Gasteiger partial charge in [0.25, 0.3) is 0 Å². The number of rotatable bonds is 6. The molecule has 3 aromatic rings. The Morgan fingerprint density at radius 1 is 0.857 bits per heavy atom. The van der Waals surface area contributed by atoms with E-state index in [-0.39, 0.29) is 6.03 Å². The molecule has 142 valence electrons. The van der Waals surface area contributed by atoms with Crippen molar-refractivity contribution in [1.82, 2.24) is 10.2 Å². The van der Waals surface area contributed by atoms with Gasteiger partial charge in [-0.25, -0.2) is 4.79 Å². The standard InChI is InChI=1S/C23H23N3O2/c1-24-22(27)26(2)18-25-28-23(19-12-6-3-7-13-19,20-14-8-4-9-15-20)21-16-10-5-11-17-21/h3-18H,1-2H3,(H,24,27)/b25-18+. The van der Waals surface area contributed by atoms with Gasteiger partial charge in [0, 0.05) is 30.8 Å². The van der Waals surface area contributed by atoms with Crippen molar-refractivity contribution in [2.75, 3.05) is 14.1 Å². The molecule has 28 heavy (non-hydrogen) atoms. The maximum Gasteiger partial charge on any atom is 0.322 e. The number of carbonyl (C=O) groups excluding carboxylic acids is 1. The molecular weight excluding hydrogens is 350 g/mol. The summed E-state index contributed by atoms with van der Waals surface area (Å²) in [5.74, 6) is 0. The van der Waals surface area contributed by atoms with Gasteiger partial charge >= 0.3 is 6.03 Å². The summed E-state index contributed by atoms with van der Waals surface area (Å²) in [5.41, 5.74) is 1.86. The fraction of sp³-hybridized carbons (Fsp3) is 0.130. The summed E-state index contributed by atoms with van der Waals surface area (Å²) < 4.78 is 0. The summed E-state index contributed by atoms with van der Waals surface area (Å²) >= 11 is 0. The van der Waals surface area contributed by atoms with E-state index in [0.29, 0.717) is 0 Å². The number of oxime groups is 1. The van der Waals surface area contributed by atoms with E-state index in [0.717, 1.165) is 16.7 Å². The average Bonchev–Trinajstić information content (AvgIpc) is 2.78. The summed E-state index contributed by atoms with van der Waals surface area (Å²) in [4.78, 5) is 19.3. The third-order valence-corrected chi connectivity index (χ3v) is 4.49. The van der Waals surface area contributed by atoms with Crippen molar-refractivity contribution in [3.05, 3.63) is 108 Å². The van der Waals surface area contributed by atoms with Gasteiger partial charge in [-0.15, -0.1) is 0 Å². The first-order chi connectivity index (χ1) is 13.7. The number of hydrogen-bond donors (Lipinski definition) is 1. The molecule has 0 aliphatic rings. The quantitative estimate of drug-likeness (QED) is 0.305. The Balaban J connectivity index is 2.14. The zero-order valence-corrected chi connectivity index (χ0v) is 15.9. The molecule has 0 fully saturated rings. The Hall–Kier alpha value is -3.60. The second kappa shape index (κ2) is 8.86. The van der Waals surface area contributed by atoms with Gasteiger partial charge in [-0.1, -0.05) is 96.2 Å². The van der Waals surface area contributed by atoms with Gasteiger partial charge in [-0.2, -0.15) is 0 Å². The Bertz CT molecular complexity index is 816. The highest BCUT2D eigenvalue weighted by Crippen LogP contribution is 2.40. The van der Waals surface area contributed by atoms with Crippen molar-refractivity contribution in [1.29, 1.82) is 0 Å². The van der Waals surface area contributed by atoms with Crippen LogP contribution in [0.1, 0.15) is 16.7 Å². The lowest BCUT2D eigenvalue weighted by Gasteiger charge is -2.33. The summed E-state index contributed by atoms with van der Waals surface area (Å²) in [5, 5.41) is 6.73. The molecule has 0 unspecified atom stereocenters. The van der Waals surface area contributed by atoms with Crippen molar-refractivity contribution < 1.29 is 9.63 Å². The molecule has 2 amide bonds. The second-order valence-electron chi connectivity index (χ2n) is 6.26. The number of nitrogens with zero attached hydrogens (tertiary/aromatic N) is 2. The Morgan fingerprint density at radius 3 is 1.61 bits per heavy atom. The van der Waals surface area contributed by atoms with Crippen LogP contribution < -0.4 is 5.32 Å². The molecule has 0 bridgehead atoms. The van der Waals surface area contributed by atoms with Gasteiger partial charge in [0.15, 0.2) is 0 Å². The van der Waals surface area contributed by atoms with Crippen molar-refractivity contribution >= 4 is 12.4 Å². The van der Waals surface area contributed by atoms with Gasteiger partial charge in [0.1, 0.15) is 6.34 Å². The summed E-state index contributed by atoms with van der Waals surface area (Å²) in [6.45, 7) is 0. The molecule has 0 aromatic heterocycles. The van der Waals surface area contributed by atoms with Gasteiger partial charge in [-0.3, -0.25) is 4.90 Å². The summed E-state index contributed by atoms with van der Waals surface area (Å²) in [7, 11) is 3.18. The fourth-order valence-electron chi connectivity index (χ4n) is 3.08. The zero-order chi connectivity index (χ0) is 19.8. The highest BCUT2D eigenvalue weighted by Gasteiger charge is 2.39. The van der Waals surface area contributed by atoms with Crippen LogP contribution in [0, 0.1) is 0 Å². The second-order valence-corrected chi connectivity index (χ2v) is 6.26. The fourth-order valence-corrected chi connectivity index (χ4v) is 3.08. The van der Waals surface area contributed by atoms with E-state index in [2.05, 4.69) is 10.5 Å². The van der Waals surface area contributed by atoms with Crippen molar-refractivity contribution in [3.63, 3.8) is 0 Å². The molecule has 0 atom stereocenters. The molecule has 3 rings (SSSR count). The number of nitrogens with one attached hydrogen (secondary N) is 1. The zero-order valence-electron chi connectivity index (χ0n) is 15.9. The minimum Gasteiger partial charge on any atom is -0.373 e. The number of hydrogen-bond acceptors (Lipinski definition) is 3. The molecule has 0 spiro atoms. The maximum atomic E-state index is 11.7. The van der Waals surface area contributed by atoms with Gasteiger partial charge in [0.05, 0.1) is 0 Å². The number of carbonyl (C=O) groups is 1. The Labute approximate surface area is 165 Å². The van der Waals surface area contributed by atoms with E-state index in [1.54, 1.807) is 14.1 Å². The molecule has 3 aromatic carbocycles. The molecular formula is C23H23N3O2. The first-order valence-corrected chi connectivity index (χ1v) is 9.01. The van der Waals surface area contributed by atoms with Gasteiger partial charge < -0.3 is 10.2 Å². The molecule has 0 aliphatic carbocycles. The molecule has 1 N–H and O–H groups in total. The van der Waals surface area contributed by atoms with E-state index < -0.39 is 5.60 Å². The first-order valence-electron chi connectivity index (χ1n) is 9.01. The SMILES string of the molecule is CNC(=O)N(C)/C=N/OC(c1ccccc1)(c1ccccc1)c1ccccc1. The molecule has 0 heterocycles. The predicted molar refractivity (Wildman–Crippen MR) is 111 cm³/mol. The molecule has 0 saturated carbocycles. The van der Waals surface area contributed by atoms with Crippen LogP contribution in [0.3, 0.4) is 0 Å². The average molecular weight is 373 g/mol. The summed E-state index contributed by atoms with van der Waals surface area (Å²) in [6.07, 6.45) is 1.36. The number of urea groups is 1. The van der Waals surface area contributed by atoms with Crippen LogP contribution in [-0.2, 0) is 10.4 Å². The normalized spacial score (nSPS) is 11.2. The maximum absolute atomic E-state index is 11.7. The topological polar surface area (TPSA) is 53.9 Å². The molecule has 0 saturated heterocycles. The van der Waals surface area contributed by atoms with Crippen LogP contribution in [0.5, 0.6) is 0 Å². The van der Waals surface area contributed by atoms with Crippen molar-refractivity contribution in [2.45, 2.75) is 5.60 Å². The number of benzene rings is 3. The molecule has 0 radical (unpaired) electrons. The van der Waals surface area contributed by atoms with E-state index in [9.17, 15) is 4.79 Å². The van der Waals surface area contributed by atoms with E-state index >= 15 is 0 Å². The van der Waals surface area contributed by atoms with Crippen LogP contribution >= 0.6 is 0 Å². The van der Waals surface area contributed by atoms with Crippen LogP contribution in [0.4, 0.5) is 4.79 Å². The van der Waals surface area contributed by atoms with Gasteiger partial charge in [0.2, 0.25) is 5.60 Å². The summed E-state index contributed by atoms with van der Waals surface area (Å²) in [6, 6.07) is 29.5. The lowest BCUT2D eigenvalue weighted by atomic mass is 9.80. The smallest absolute Gasteiger partial charge is 0.322 e. The third kappa shape index (κ3) is 3.88. The van der Waals surface area contributed by atoms with E-state index in [4.69, 9.17) is 4.84 Å². The van der Waals surface area contributed by atoms with Gasteiger partial charge in [-0.05, 0) is 0 Å². The lowest BCUT2D eigenvalue weighted by Crippen LogP contribution is -2.35. The number of amides is 2. The third-order valence-electron chi connectivity index (χ3n) is 4.49.